The molecule has 1 aliphatic heterocycles. The molecule has 0 bridgehead atoms. The first-order valence-corrected chi connectivity index (χ1v) is 9.10. The maximum Gasteiger partial charge on any atom is 0.413 e. The smallest absolute Gasteiger partial charge is 0.413 e. The summed E-state index contributed by atoms with van der Waals surface area (Å²) in [6.45, 7) is 1.65. The van der Waals surface area contributed by atoms with Crippen molar-refractivity contribution in [3.05, 3.63) is 71.3 Å². The van der Waals surface area contributed by atoms with Gasteiger partial charge in [0.05, 0.1) is 13.1 Å². The van der Waals surface area contributed by atoms with E-state index in [-0.39, 0.29) is 12.7 Å². The van der Waals surface area contributed by atoms with Crippen molar-refractivity contribution in [3.8, 4) is 0 Å². The van der Waals surface area contributed by atoms with Gasteiger partial charge in [0.15, 0.2) is 0 Å². The van der Waals surface area contributed by atoms with Crippen molar-refractivity contribution in [2.45, 2.75) is 13.0 Å². The Kier molecular flexibility index (Phi) is 6.26. The topological polar surface area (TPSA) is 82.4 Å². The van der Waals surface area contributed by atoms with Crippen LogP contribution in [0.25, 0.3) is 0 Å². The molecule has 2 aromatic carbocycles. The largest absolute Gasteiger partial charge is 0.465 e. The maximum atomic E-state index is 12.1. The zero-order valence-corrected chi connectivity index (χ0v) is 15.7. The monoisotopic (exact) mass is 381 g/mol. The average Bonchev–Trinajstić information content (AvgIpc) is 3.21. The molecule has 1 aliphatic rings. The zero-order chi connectivity index (χ0) is 19.9. The second kappa shape index (κ2) is 9.03. The summed E-state index contributed by atoms with van der Waals surface area (Å²) in [4.78, 5) is 30.4. The second-order valence-electron chi connectivity index (χ2n) is 6.55. The van der Waals surface area contributed by atoms with E-state index >= 15 is 0 Å². The lowest BCUT2D eigenvalue weighted by atomic mass is 10.1. The van der Waals surface area contributed by atoms with Crippen LogP contribution in [0, 0.1) is 0 Å². The van der Waals surface area contributed by atoms with E-state index in [2.05, 4.69) is 4.99 Å². The number of ether oxygens (including phenoxy) is 1. The first-order chi connectivity index (χ1) is 13.5. The molecule has 3 rings (SSSR count). The van der Waals surface area contributed by atoms with Gasteiger partial charge in [0.25, 0.3) is 0 Å². The number of rotatable bonds is 6. The van der Waals surface area contributed by atoms with Gasteiger partial charge in [0.2, 0.25) is 0 Å². The van der Waals surface area contributed by atoms with Gasteiger partial charge in [0, 0.05) is 19.2 Å². The van der Waals surface area contributed by atoms with Crippen LogP contribution in [0.3, 0.4) is 0 Å². The molecule has 0 aromatic heterocycles. The van der Waals surface area contributed by atoms with Gasteiger partial charge in [0.1, 0.15) is 12.4 Å². The summed E-state index contributed by atoms with van der Waals surface area (Å²) < 4.78 is 5.31. The Hall–Kier alpha value is -3.35. The van der Waals surface area contributed by atoms with Crippen LogP contribution in [0.4, 0.5) is 9.59 Å². The Morgan fingerprint density at radius 1 is 1.11 bits per heavy atom. The van der Waals surface area contributed by atoms with Crippen LogP contribution in [0.2, 0.25) is 0 Å². The van der Waals surface area contributed by atoms with Gasteiger partial charge in [-0.2, -0.15) is 0 Å². The number of amidine groups is 1. The van der Waals surface area contributed by atoms with Gasteiger partial charge in [-0.15, -0.1) is 0 Å². The van der Waals surface area contributed by atoms with Crippen molar-refractivity contribution in [2.24, 2.45) is 4.99 Å². The lowest BCUT2D eigenvalue weighted by Crippen LogP contribution is -2.33. The molecule has 1 N–H and O–H groups in total. The van der Waals surface area contributed by atoms with E-state index in [0.29, 0.717) is 31.9 Å². The van der Waals surface area contributed by atoms with Gasteiger partial charge < -0.3 is 14.7 Å². The van der Waals surface area contributed by atoms with E-state index in [9.17, 15) is 14.7 Å². The number of aliphatic imine (C=N–C) groups is 1. The van der Waals surface area contributed by atoms with Crippen LogP contribution < -0.4 is 0 Å². The first kappa shape index (κ1) is 19.4. The number of likely N-dealkylation sites (N-methyl/N-ethyl adjacent to an activating group) is 1. The molecule has 146 valence electrons. The van der Waals surface area contributed by atoms with Crippen LogP contribution in [0.1, 0.15) is 16.7 Å². The van der Waals surface area contributed by atoms with E-state index in [1.807, 2.05) is 54.6 Å². The summed E-state index contributed by atoms with van der Waals surface area (Å²) in [5, 5.41) is 9.21. The minimum Gasteiger partial charge on any atom is -0.465 e. The van der Waals surface area contributed by atoms with Crippen LogP contribution in [-0.2, 0) is 17.8 Å². The molecular weight excluding hydrogens is 358 g/mol. The highest BCUT2D eigenvalue weighted by Crippen LogP contribution is 2.14. The number of carbonyl (C=O) groups excluding carboxylic acids is 1. The minimum absolute atomic E-state index is 0.251. The van der Waals surface area contributed by atoms with Gasteiger partial charge >= 0.3 is 12.2 Å². The summed E-state index contributed by atoms with van der Waals surface area (Å²) in [7, 11) is 1.71. The maximum absolute atomic E-state index is 12.1. The molecule has 0 saturated heterocycles. The third-order valence-electron chi connectivity index (χ3n) is 4.54. The van der Waals surface area contributed by atoms with E-state index < -0.39 is 6.09 Å². The number of hydrogen-bond donors (Lipinski definition) is 1. The third kappa shape index (κ3) is 4.88. The second-order valence-corrected chi connectivity index (χ2v) is 6.55. The summed E-state index contributed by atoms with van der Waals surface area (Å²) >= 11 is 0. The van der Waals surface area contributed by atoms with E-state index in [0.717, 1.165) is 16.7 Å². The SMILES string of the molecule is CN(CCc1ccc(C2=NCCN2C(=O)O)cc1)C(=O)OCc1ccccc1. The molecule has 1 heterocycles. The number of benzene rings is 2. The van der Waals surface area contributed by atoms with Gasteiger partial charge in [-0.05, 0) is 17.5 Å². The van der Waals surface area contributed by atoms with E-state index in [1.54, 1.807) is 11.9 Å². The Morgan fingerprint density at radius 3 is 2.50 bits per heavy atom. The predicted octanol–water partition coefficient (Wildman–Crippen LogP) is 3.24. The quantitative estimate of drug-likeness (QED) is 0.833. The molecular formula is C21H23N3O4. The molecule has 7 nitrogen and oxygen atoms in total. The number of hydrogen-bond acceptors (Lipinski definition) is 4. The molecule has 0 radical (unpaired) electrons. The van der Waals surface area contributed by atoms with Crippen molar-refractivity contribution in [2.75, 3.05) is 26.7 Å². The predicted molar refractivity (Wildman–Crippen MR) is 106 cm³/mol. The molecule has 7 heteroatoms. The van der Waals surface area contributed by atoms with Crippen LogP contribution >= 0.6 is 0 Å². The number of carbonyl (C=O) groups is 2. The van der Waals surface area contributed by atoms with E-state index in [1.165, 1.54) is 4.90 Å². The number of carboxylic acid groups (broad SMARTS) is 1. The minimum atomic E-state index is -0.990. The summed E-state index contributed by atoms with van der Waals surface area (Å²) in [6, 6.07) is 17.1. The Balaban J connectivity index is 1.49. The Morgan fingerprint density at radius 2 is 1.82 bits per heavy atom. The van der Waals surface area contributed by atoms with Crippen molar-refractivity contribution in [1.82, 2.24) is 9.80 Å². The first-order valence-electron chi connectivity index (χ1n) is 9.10. The molecule has 0 aliphatic carbocycles. The average molecular weight is 381 g/mol. The molecule has 28 heavy (non-hydrogen) atoms. The highest BCUT2D eigenvalue weighted by Gasteiger charge is 2.24. The van der Waals surface area contributed by atoms with Crippen molar-refractivity contribution in [1.29, 1.82) is 0 Å². The van der Waals surface area contributed by atoms with Gasteiger partial charge in [-0.1, -0.05) is 54.6 Å². The lowest BCUT2D eigenvalue weighted by molar-refractivity contribution is 0.105. The fraction of sp³-hybridized carbons (Fsp3) is 0.286. The fourth-order valence-electron chi connectivity index (χ4n) is 2.92. The molecule has 0 unspecified atom stereocenters. The molecule has 0 fully saturated rings. The standard InChI is InChI=1S/C21H23N3O4/c1-23(21(27)28-15-17-5-3-2-4-6-17)13-11-16-7-9-18(10-8-16)19-22-12-14-24(19)20(25)26/h2-10H,11-15H2,1H3,(H,25,26). The van der Waals surface area contributed by atoms with Gasteiger partial charge in [-0.3, -0.25) is 9.89 Å². The summed E-state index contributed by atoms with van der Waals surface area (Å²) in [6.07, 6.45) is -0.680. The molecule has 0 saturated carbocycles. The molecule has 2 amide bonds. The molecule has 0 spiro atoms. The molecule has 2 aromatic rings. The normalized spacial score (nSPS) is 13.2. The highest BCUT2D eigenvalue weighted by molar-refractivity contribution is 6.07. The van der Waals surface area contributed by atoms with Crippen LogP contribution in [0.5, 0.6) is 0 Å². The summed E-state index contributed by atoms with van der Waals surface area (Å²) in [5.41, 5.74) is 2.77. The van der Waals surface area contributed by atoms with Crippen molar-refractivity contribution >= 4 is 18.0 Å². The van der Waals surface area contributed by atoms with Crippen LogP contribution in [0.15, 0.2) is 59.6 Å². The zero-order valence-electron chi connectivity index (χ0n) is 15.7. The lowest BCUT2D eigenvalue weighted by Gasteiger charge is -2.17. The fourth-order valence-corrected chi connectivity index (χ4v) is 2.92. The number of amides is 2. The van der Waals surface area contributed by atoms with Crippen molar-refractivity contribution in [3.63, 3.8) is 0 Å². The van der Waals surface area contributed by atoms with Crippen molar-refractivity contribution < 1.29 is 19.4 Å². The van der Waals surface area contributed by atoms with Crippen LogP contribution in [-0.4, -0.2) is 59.6 Å². The Bertz CT molecular complexity index is 850. The van der Waals surface area contributed by atoms with Gasteiger partial charge in [-0.25, -0.2) is 9.59 Å². The Labute approximate surface area is 163 Å². The highest BCUT2D eigenvalue weighted by atomic mass is 16.6. The molecule has 0 atom stereocenters. The summed E-state index contributed by atoms with van der Waals surface area (Å²) in [5.74, 6) is 0.487. The number of nitrogens with zero attached hydrogens (tertiary/aromatic N) is 3. The van der Waals surface area contributed by atoms with E-state index in [4.69, 9.17) is 4.74 Å². The third-order valence-corrected chi connectivity index (χ3v) is 4.54.